The number of aryl methyl sites for hydroxylation is 1. The third-order valence-electron chi connectivity index (χ3n) is 1.96. The van der Waals surface area contributed by atoms with E-state index in [2.05, 4.69) is 85.7 Å². The van der Waals surface area contributed by atoms with Crippen LogP contribution < -0.4 is 11.1 Å². The van der Waals surface area contributed by atoms with Crippen molar-refractivity contribution in [3.05, 3.63) is 29.8 Å². The van der Waals surface area contributed by atoms with Gasteiger partial charge in [-0.2, -0.15) is 0 Å². The molecule has 0 bridgehead atoms. The van der Waals surface area contributed by atoms with Gasteiger partial charge in [-0.3, -0.25) is 0 Å². The minimum Gasteiger partial charge on any atom is -0.378 e. The fourth-order valence-corrected chi connectivity index (χ4v) is 1.09. The summed E-state index contributed by atoms with van der Waals surface area (Å²) in [6.45, 7) is 5.59. The van der Waals surface area contributed by atoms with Crippen molar-refractivity contribution in [1.29, 1.82) is 0 Å². The molecule has 0 aliphatic carbocycles. The monoisotopic (exact) mass is 258 g/mol. The van der Waals surface area contributed by atoms with Gasteiger partial charge < -0.3 is 11.1 Å². The SMILES string of the molecule is CC#CC#CC#CC.Cc1cccc(N(C)C)c1.N.[HH].[HH]. The average Bonchev–Trinajstić information content (AvgIpc) is 2.35. The van der Waals surface area contributed by atoms with Crippen LogP contribution in [0.25, 0.3) is 0 Å². The highest BCUT2D eigenvalue weighted by molar-refractivity contribution is 5.46. The van der Waals surface area contributed by atoms with Crippen LogP contribution >= 0.6 is 0 Å². The Morgan fingerprint density at radius 3 is 1.79 bits per heavy atom. The van der Waals surface area contributed by atoms with E-state index in [0.29, 0.717) is 0 Å². The normalized spacial score (nSPS) is 6.58. The number of anilines is 1. The molecule has 0 atom stereocenters. The van der Waals surface area contributed by atoms with Gasteiger partial charge in [-0.1, -0.05) is 24.0 Å². The molecule has 0 amide bonds. The highest BCUT2D eigenvalue weighted by Crippen LogP contribution is 2.11. The predicted octanol–water partition coefficient (Wildman–Crippen LogP) is 3.75. The summed E-state index contributed by atoms with van der Waals surface area (Å²) in [5.41, 5.74) is 2.58. The Hall–Kier alpha value is -2.34. The topological polar surface area (TPSA) is 38.2 Å². The van der Waals surface area contributed by atoms with Crippen LogP contribution in [0, 0.1) is 42.4 Å². The summed E-state index contributed by atoms with van der Waals surface area (Å²) in [5, 5.41) is 0. The van der Waals surface area contributed by atoms with E-state index in [4.69, 9.17) is 0 Å². The highest BCUT2D eigenvalue weighted by Gasteiger charge is 1.91. The molecule has 19 heavy (non-hydrogen) atoms. The van der Waals surface area contributed by atoms with Gasteiger partial charge in [0.15, 0.2) is 0 Å². The fraction of sp³-hybridized carbons (Fsp3) is 0.294. The standard InChI is InChI=1S/C9H13N.C8H6.H3N.2H2/c1-8-5-4-6-9(7-8)10(2)3;1-3-5-7-8-6-4-2;;;/h4-7H,1-3H3;1-2H3;1H3;2*1H. The van der Waals surface area contributed by atoms with Gasteiger partial charge in [0.1, 0.15) is 0 Å². The van der Waals surface area contributed by atoms with E-state index in [1.807, 2.05) is 0 Å². The molecule has 2 heteroatoms. The molecule has 1 aromatic carbocycles. The van der Waals surface area contributed by atoms with Gasteiger partial charge in [-0.25, -0.2) is 0 Å². The van der Waals surface area contributed by atoms with Crippen LogP contribution in [0.4, 0.5) is 5.69 Å². The number of hydrogen-bond acceptors (Lipinski definition) is 2. The Balaban J connectivity index is -0.000000123. The van der Waals surface area contributed by atoms with E-state index >= 15 is 0 Å². The summed E-state index contributed by atoms with van der Waals surface area (Å²) < 4.78 is 0. The second kappa shape index (κ2) is 12.1. The quantitative estimate of drug-likeness (QED) is 0.779. The van der Waals surface area contributed by atoms with E-state index in [1.165, 1.54) is 11.3 Å². The Morgan fingerprint density at radius 2 is 1.47 bits per heavy atom. The second-order valence-corrected chi connectivity index (χ2v) is 3.73. The first kappa shape index (κ1) is 19.0. The second-order valence-electron chi connectivity index (χ2n) is 3.73. The zero-order chi connectivity index (χ0) is 13.8. The van der Waals surface area contributed by atoms with Crippen LogP contribution in [0.3, 0.4) is 0 Å². The molecule has 104 valence electrons. The van der Waals surface area contributed by atoms with Gasteiger partial charge in [0.05, 0.1) is 0 Å². The van der Waals surface area contributed by atoms with E-state index in [-0.39, 0.29) is 9.00 Å². The van der Waals surface area contributed by atoms with E-state index in [9.17, 15) is 0 Å². The Bertz CT molecular complexity index is 523. The first-order valence-corrected chi connectivity index (χ1v) is 5.69. The molecule has 0 fully saturated rings. The summed E-state index contributed by atoms with van der Waals surface area (Å²) in [6.07, 6.45) is 0. The van der Waals surface area contributed by atoms with Crippen molar-refractivity contribution in [3.8, 4) is 35.5 Å². The highest BCUT2D eigenvalue weighted by atomic mass is 15.1. The van der Waals surface area contributed by atoms with Crippen molar-refractivity contribution >= 4 is 5.69 Å². The van der Waals surface area contributed by atoms with Crippen LogP contribution in [0.15, 0.2) is 24.3 Å². The molecule has 1 rings (SSSR count). The predicted molar refractivity (Wildman–Crippen MR) is 89.4 cm³/mol. The Labute approximate surface area is 120 Å². The van der Waals surface area contributed by atoms with Gasteiger partial charge in [0.2, 0.25) is 0 Å². The lowest BCUT2D eigenvalue weighted by Crippen LogP contribution is -2.08. The largest absolute Gasteiger partial charge is 0.378 e. The summed E-state index contributed by atoms with van der Waals surface area (Å²) >= 11 is 0. The minimum absolute atomic E-state index is 0. The van der Waals surface area contributed by atoms with E-state index < -0.39 is 0 Å². The summed E-state index contributed by atoms with van der Waals surface area (Å²) in [6, 6.07) is 8.45. The zero-order valence-corrected chi connectivity index (χ0v) is 12.5. The third kappa shape index (κ3) is 10.5. The van der Waals surface area contributed by atoms with Crippen molar-refractivity contribution in [2.24, 2.45) is 0 Å². The van der Waals surface area contributed by atoms with Crippen LogP contribution in [0.5, 0.6) is 0 Å². The maximum absolute atomic E-state index is 2.64. The lowest BCUT2D eigenvalue weighted by atomic mass is 10.2. The van der Waals surface area contributed by atoms with Gasteiger partial charge >= 0.3 is 0 Å². The smallest absolute Gasteiger partial charge is 0.0363 e. The Morgan fingerprint density at radius 1 is 0.947 bits per heavy atom. The molecule has 0 heterocycles. The molecule has 0 aliphatic heterocycles. The summed E-state index contributed by atoms with van der Waals surface area (Å²) in [4.78, 5) is 2.10. The van der Waals surface area contributed by atoms with E-state index in [1.54, 1.807) is 13.8 Å². The molecule has 0 spiro atoms. The first-order valence-electron chi connectivity index (χ1n) is 5.69. The van der Waals surface area contributed by atoms with Gasteiger partial charge in [0.25, 0.3) is 0 Å². The van der Waals surface area contributed by atoms with Crippen LogP contribution in [0.2, 0.25) is 0 Å². The van der Waals surface area contributed by atoms with Crippen LogP contribution in [-0.2, 0) is 0 Å². The minimum atomic E-state index is 0. The molecule has 0 saturated carbocycles. The van der Waals surface area contributed by atoms with Crippen molar-refractivity contribution < 1.29 is 2.85 Å². The van der Waals surface area contributed by atoms with Gasteiger partial charge in [-0.15, -0.1) is 0 Å². The first-order chi connectivity index (χ1) is 8.61. The number of hydrogen-bond donors (Lipinski definition) is 1. The zero-order valence-electron chi connectivity index (χ0n) is 12.5. The number of nitrogens with zero attached hydrogens (tertiary/aromatic N) is 1. The molecule has 0 aromatic heterocycles. The molecular weight excluding hydrogens is 232 g/mol. The van der Waals surface area contributed by atoms with Crippen molar-refractivity contribution in [1.82, 2.24) is 6.15 Å². The molecule has 3 N–H and O–H groups in total. The van der Waals surface area contributed by atoms with Crippen LogP contribution in [0.1, 0.15) is 22.3 Å². The van der Waals surface area contributed by atoms with Gasteiger partial charge in [-0.05, 0) is 62.1 Å². The van der Waals surface area contributed by atoms with Crippen LogP contribution in [-0.4, -0.2) is 14.1 Å². The van der Waals surface area contributed by atoms with Crippen molar-refractivity contribution in [3.63, 3.8) is 0 Å². The lowest BCUT2D eigenvalue weighted by Gasteiger charge is -2.11. The maximum atomic E-state index is 2.64. The molecule has 0 saturated heterocycles. The third-order valence-corrected chi connectivity index (χ3v) is 1.96. The lowest BCUT2D eigenvalue weighted by molar-refractivity contribution is 1.13. The van der Waals surface area contributed by atoms with E-state index in [0.717, 1.165) is 0 Å². The molecule has 2 nitrogen and oxygen atoms in total. The molecule has 1 aromatic rings. The molecule has 0 unspecified atom stereocenters. The average molecular weight is 258 g/mol. The fourth-order valence-electron chi connectivity index (χ4n) is 1.09. The number of rotatable bonds is 1. The van der Waals surface area contributed by atoms with Crippen molar-refractivity contribution in [2.75, 3.05) is 19.0 Å². The molecule has 0 aliphatic rings. The molecular formula is C17H26N2. The summed E-state index contributed by atoms with van der Waals surface area (Å²) in [7, 11) is 4.10. The Kier molecular flexibility index (Phi) is 12.1. The maximum Gasteiger partial charge on any atom is 0.0363 e. The molecule has 0 radical (unpaired) electrons. The van der Waals surface area contributed by atoms with Crippen molar-refractivity contribution in [2.45, 2.75) is 20.8 Å². The number of benzene rings is 1. The summed E-state index contributed by atoms with van der Waals surface area (Å²) in [5.74, 6) is 15.5. The van der Waals surface area contributed by atoms with Gasteiger partial charge in [0, 0.05) is 22.6 Å².